The second kappa shape index (κ2) is 3.23. The number of hydrogen-bond acceptors (Lipinski definition) is 1. The SMILES string of the molecule is C#CC(=O)[N]CC. The largest absolute Gasteiger partial charge is 0.316 e. The summed E-state index contributed by atoms with van der Waals surface area (Å²) in [5, 5.41) is 3.37. The molecule has 0 aliphatic rings. The van der Waals surface area contributed by atoms with Crippen LogP contribution in [0.3, 0.4) is 0 Å². The van der Waals surface area contributed by atoms with E-state index in [-0.39, 0.29) is 0 Å². The number of rotatable bonds is 1. The Hall–Kier alpha value is -0.970. The summed E-state index contributed by atoms with van der Waals surface area (Å²) in [4.78, 5) is 10.0. The number of carbonyl (C=O) groups is 1. The predicted molar refractivity (Wildman–Crippen MR) is 26.5 cm³/mol. The Morgan fingerprint density at radius 1 is 2.00 bits per heavy atom. The highest BCUT2D eigenvalue weighted by Gasteiger charge is 1.88. The molecular weight excluding hydrogens is 90.1 g/mol. The Bertz CT molecular complexity index is 101. The fourth-order valence-electron chi connectivity index (χ4n) is 0.189. The van der Waals surface area contributed by atoms with Crippen LogP contribution in [0.15, 0.2) is 0 Å². The monoisotopic (exact) mass is 96.0 g/mol. The topological polar surface area (TPSA) is 31.2 Å². The fraction of sp³-hybridized carbons (Fsp3) is 0.400. The van der Waals surface area contributed by atoms with Crippen LogP contribution in [0.1, 0.15) is 6.92 Å². The van der Waals surface area contributed by atoms with Crippen LogP contribution in [0.25, 0.3) is 0 Å². The van der Waals surface area contributed by atoms with E-state index in [9.17, 15) is 4.79 Å². The summed E-state index contributed by atoms with van der Waals surface area (Å²) in [6, 6.07) is 0. The summed E-state index contributed by atoms with van der Waals surface area (Å²) in [6.45, 7) is 2.23. The van der Waals surface area contributed by atoms with Crippen LogP contribution in [0, 0.1) is 12.3 Å². The number of amides is 1. The molecule has 0 unspecified atom stereocenters. The zero-order valence-electron chi connectivity index (χ0n) is 4.14. The third-order valence-electron chi connectivity index (χ3n) is 0.425. The number of nitrogens with zero attached hydrogens (tertiary/aromatic N) is 1. The number of carbonyl (C=O) groups excluding carboxylic acids is 1. The van der Waals surface area contributed by atoms with Gasteiger partial charge in [0.1, 0.15) is 0 Å². The van der Waals surface area contributed by atoms with Crippen LogP contribution < -0.4 is 5.32 Å². The van der Waals surface area contributed by atoms with Gasteiger partial charge < -0.3 is 0 Å². The maximum atomic E-state index is 10.0. The van der Waals surface area contributed by atoms with Gasteiger partial charge in [0.15, 0.2) is 0 Å². The zero-order valence-corrected chi connectivity index (χ0v) is 4.14. The van der Waals surface area contributed by atoms with E-state index in [1.54, 1.807) is 6.92 Å². The maximum absolute atomic E-state index is 10.0. The van der Waals surface area contributed by atoms with Crippen molar-refractivity contribution in [2.45, 2.75) is 6.92 Å². The first kappa shape index (κ1) is 6.03. The molecule has 0 fully saturated rings. The molecule has 0 aromatic carbocycles. The van der Waals surface area contributed by atoms with Gasteiger partial charge in [-0.3, -0.25) is 4.79 Å². The lowest BCUT2D eigenvalue weighted by atomic mass is 10.6. The van der Waals surface area contributed by atoms with Crippen molar-refractivity contribution in [2.75, 3.05) is 6.54 Å². The molecule has 0 rings (SSSR count). The van der Waals surface area contributed by atoms with Gasteiger partial charge in [-0.15, -0.1) is 6.42 Å². The molecule has 0 spiro atoms. The van der Waals surface area contributed by atoms with Crippen molar-refractivity contribution in [2.24, 2.45) is 0 Å². The van der Waals surface area contributed by atoms with Gasteiger partial charge in [0.2, 0.25) is 0 Å². The second-order valence-electron chi connectivity index (χ2n) is 0.924. The zero-order chi connectivity index (χ0) is 5.70. The maximum Gasteiger partial charge on any atom is 0.316 e. The van der Waals surface area contributed by atoms with E-state index >= 15 is 0 Å². The summed E-state index contributed by atoms with van der Waals surface area (Å²) in [5.74, 6) is 1.39. The van der Waals surface area contributed by atoms with E-state index < -0.39 is 5.91 Å². The minimum absolute atomic E-state index is 0.470. The fourth-order valence-corrected chi connectivity index (χ4v) is 0.189. The van der Waals surface area contributed by atoms with Crippen molar-refractivity contribution in [3.63, 3.8) is 0 Å². The van der Waals surface area contributed by atoms with Crippen molar-refractivity contribution in [3.05, 3.63) is 0 Å². The normalized spacial score (nSPS) is 6.86. The summed E-state index contributed by atoms with van der Waals surface area (Å²) in [7, 11) is 0. The van der Waals surface area contributed by atoms with Gasteiger partial charge in [0, 0.05) is 6.54 Å². The van der Waals surface area contributed by atoms with Crippen molar-refractivity contribution >= 4 is 5.91 Å². The minimum Gasteiger partial charge on any atom is -0.257 e. The molecule has 37 valence electrons. The van der Waals surface area contributed by atoms with Gasteiger partial charge in [-0.2, -0.15) is 0 Å². The van der Waals surface area contributed by atoms with Crippen LogP contribution in [-0.2, 0) is 4.79 Å². The number of terminal acetylenes is 1. The first-order valence-electron chi connectivity index (χ1n) is 1.99. The van der Waals surface area contributed by atoms with E-state index in [0.717, 1.165) is 0 Å². The Morgan fingerprint density at radius 3 is 2.71 bits per heavy atom. The molecule has 1 amide bonds. The molecule has 0 saturated heterocycles. The van der Waals surface area contributed by atoms with Crippen LogP contribution in [0.4, 0.5) is 0 Å². The van der Waals surface area contributed by atoms with Gasteiger partial charge in [0.25, 0.3) is 0 Å². The minimum atomic E-state index is -0.470. The first-order valence-corrected chi connectivity index (χ1v) is 1.99. The van der Waals surface area contributed by atoms with E-state index in [2.05, 4.69) is 11.7 Å². The highest BCUT2D eigenvalue weighted by atomic mass is 16.1. The second-order valence-corrected chi connectivity index (χ2v) is 0.924. The summed E-state index contributed by atoms with van der Waals surface area (Å²) >= 11 is 0. The standard InChI is InChI=1S/C5H6NO/c1-3-5(7)6-4-2/h1H,4H2,2H3. The predicted octanol–water partition coefficient (Wildman–Crippen LogP) is -0.229. The van der Waals surface area contributed by atoms with Gasteiger partial charge >= 0.3 is 5.91 Å². The Balaban J connectivity index is 3.24. The van der Waals surface area contributed by atoms with Gasteiger partial charge in [-0.25, -0.2) is 5.32 Å². The van der Waals surface area contributed by atoms with Crippen LogP contribution in [0.2, 0.25) is 0 Å². The Morgan fingerprint density at radius 2 is 2.57 bits per heavy atom. The molecule has 2 heteroatoms. The highest BCUT2D eigenvalue weighted by Crippen LogP contribution is 1.59. The van der Waals surface area contributed by atoms with Gasteiger partial charge in [0.05, 0.1) is 0 Å². The average Bonchev–Trinajstić information content (AvgIpc) is 1.68. The van der Waals surface area contributed by atoms with Crippen LogP contribution in [0.5, 0.6) is 0 Å². The van der Waals surface area contributed by atoms with E-state index in [1.165, 1.54) is 0 Å². The first-order chi connectivity index (χ1) is 3.31. The van der Waals surface area contributed by atoms with Gasteiger partial charge in [-0.1, -0.05) is 0 Å². The molecule has 0 aromatic rings. The van der Waals surface area contributed by atoms with Crippen molar-refractivity contribution in [3.8, 4) is 12.3 Å². The molecular formula is C5H6NO. The quantitative estimate of drug-likeness (QED) is 0.415. The Labute approximate surface area is 42.9 Å². The lowest BCUT2D eigenvalue weighted by molar-refractivity contribution is -0.115. The molecule has 2 nitrogen and oxygen atoms in total. The summed E-state index contributed by atoms with van der Waals surface area (Å²) in [5.41, 5.74) is 0. The van der Waals surface area contributed by atoms with E-state index in [0.29, 0.717) is 6.54 Å². The molecule has 7 heavy (non-hydrogen) atoms. The van der Waals surface area contributed by atoms with E-state index in [4.69, 9.17) is 0 Å². The molecule has 0 atom stereocenters. The molecule has 1 radical (unpaired) electrons. The third-order valence-corrected chi connectivity index (χ3v) is 0.425. The molecule has 0 aliphatic heterocycles. The summed E-state index contributed by atoms with van der Waals surface area (Å²) in [6.07, 6.45) is 4.66. The summed E-state index contributed by atoms with van der Waals surface area (Å²) < 4.78 is 0. The Kier molecular flexibility index (Phi) is 2.78. The lowest BCUT2D eigenvalue weighted by Gasteiger charge is -1.83. The third kappa shape index (κ3) is 2.84. The molecule has 0 saturated carbocycles. The highest BCUT2D eigenvalue weighted by molar-refractivity contribution is 5.92. The molecule has 0 heterocycles. The van der Waals surface area contributed by atoms with Crippen LogP contribution in [-0.4, -0.2) is 12.5 Å². The molecule has 0 N–H and O–H groups in total. The van der Waals surface area contributed by atoms with Gasteiger partial charge in [-0.05, 0) is 12.8 Å². The van der Waals surface area contributed by atoms with Crippen molar-refractivity contribution < 1.29 is 4.79 Å². The smallest absolute Gasteiger partial charge is 0.257 e. The number of hydrogen-bond donors (Lipinski definition) is 0. The lowest BCUT2D eigenvalue weighted by Crippen LogP contribution is -2.11. The average molecular weight is 96.1 g/mol. The molecule has 0 aliphatic carbocycles. The van der Waals surface area contributed by atoms with E-state index in [1.807, 2.05) is 5.92 Å². The van der Waals surface area contributed by atoms with Crippen molar-refractivity contribution in [1.82, 2.24) is 5.32 Å². The van der Waals surface area contributed by atoms with Crippen molar-refractivity contribution in [1.29, 1.82) is 0 Å². The molecule has 0 bridgehead atoms. The van der Waals surface area contributed by atoms with Crippen LogP contribution >= 0.6 is 0 Å². The molecule has 0 aromatic heterocycles.